The lowest BCUT2D eigenvalue weighted by molar-refractivity contribution is -0.0121. The predicted octanol–water partition coefficient (Wildman–Crippen LogP) is 2.46. The van der Waals surface area contributed by atoms with Crippen molar-refractivity contribution in [2.45, 2.75) is 37.6 Å². The van der Waals surface area contributed by atoms with Gasteiger partial charge < -0.3 is 4.74 Å². The molecule has 0 saturated carbocycles. The molecular weight excluding hydrogens is 212 g/mol. The summed E-state index contributed by atoms with van der Waals surface area (Å²) in [5.41, 5.74) is 1.26. The van der Waals surface area contributed by atoms with Gasteiger partial charge in [0.2, 0.25) is 0 Å². The number of rotatable bonds is 1. The average Bonchev–Trinajstić information content (AvgIpc) is 2.83. The van der Waals surface area contributed by atoms with Gasteiger partial charge in [0, 0.05) is 0 Å². The molecule has 2 aliphatic rings. The van der Waals surface area contributed by atoms with Crippen LogP contribution >= 0.6 is 0 Å². The van der Waals surface area contributed by atoms with Gasteiger partial charge in [-0.3, -0.25) is 4.90 Å². The van der Waals surface area contributed by atoms with Crippen molar-refractivity contribution in [3.63, 3.8) is 0 Å². The lowest BCUT2D eigenvalue weighted by atomic mass is 9.98. The van der Waals surface area contributed by atoms with Gasteiger partial charge in [0.15, 0.2) is 0 Å². The first kappa shape index (κ1) is 10.8. The fraction of sp³-hybridized carbons (Fsp3) is 0.500. The van der Waals surface area contributed by atoms with Gasteiger partial charge in [-0.15, -0.1) is 0 Å². The number of hydrogen-bond acceptors (Lipinski definition) is 3. The first-order chi connectivity index (χ1) is 8.40. The van der Waals surface area contributed by atoms with E-state index in [1.807, 2.05) is 18.2 Å². The summed E-state index contributed by atoms with van der Waals surface area (Å²) in [6, 6.07) is 13.1. The van der Waals surface area contributed by atoms with E-state index < -0.39 is 0 Å². The fourth-order valence-electron chi connectivity index (χ4n) is 2.94. The van der Waals surface area contributed by atoms with Crippen LogP contribution in [0.25, 0.3) is 0 Å². The number of nitrogens with zero attached hydrogens (tertiary/aromatic N) is 2. The summed E-state index contributed by atoms with van der Waals surface area (Å²) >= 11 is 0. The topological polar surface area (TPSA) is 36.3 Å². The number of nitriles is 1. The van der Waals surface area contributed by atoms with E-state index in [0.717, 1.165) is 19.3 Å². The van der Waals surface area contributed by atoms with Gasteiger partial charge >= 0.3 is 0 Å². The maximum absolute atomic E-state index is 9.26. The molecule has 1 aromatic rings. The first-order valence-corrected chi connectivity index (χ1v) is 6.24. The fourth-order valence-corrected chi connectivity index (χ4v) is 2.94. The van der Waals surface area contributed by atoms with E-state index in [0.29, 0.717) is 6.61 Å². The summed E-state index contributed by atoms with van der Waals surface area (Å²) in [6.07, 6.45) is 3.28. The molecule has 2 saturated heterocycles. The summed E-state index contributed by atoms with van der Waals surface area (Å²) in [7, 11) is 0. The third-order valence-corrected chi connectivity index (χ3v) is 3.76. The molecule has 2 fully saturated rings. The van der Waals surface area contributed by atoms with E-state index in [1.165, 1.54) is 5.56 Å². The average molecular weight is 228 g/mol. The van der Waals surface area contributed by atoms with Crippen molar-refractivity contribution in [3.8, 4) is 6.07 Å². The zero-order valence-corrected chi connectivity index (χ0v) is 9.75. The molecule has 3 heteroatoms. The molecule has 17 heavy (non-hydrogen) atoms. The van der Waals surface area contributed by atoms with Crippen LogP contribution in [0.4, 0.5) is 0 Å². The molecule has 0 radical (unpaired) electrons. The van der Waals surface area contributed by atoms with Crippen molar-refractivity contribution in [1.82, 2.24) is 4.90 Å². The Morgan fingerprint density at radius 3 is 2.82 bits per heavy atom. The van der Waals surface area contributed by atoms with E-state index in [9.17, 15) is 5.26 Å². The Morgan fingerprint density at radius 2 is 2.06 bits per heavy atom. The summed E-state index contributed by atoms with van der Waals surface area (Å²) in [5.74, 6) is 0. The van der Waals surface area contributed by atoms with Crippen molar-refractivity contribution in [3.05, 3.63) is 35.9 Å². The van der Waals surface area contributed by atoms with Crippen LogP contribution < -0.4 is 0 Å². The van der Waals surface area contributed by atoms with Crippen LogP contribution in [-0.2, 0) is 4.74 Å². The van der Waals surface area contributed by atoms with Crippen molar-refractivity contribution >= 4 is 0 Å². The monoisotopic (exact) mass is 228 g/mol. The Balaban J connectivity index is 1.89. The molecule has 3 rings (SSSR count). The van der Waals surface area contributed by atoms with Gasteiger partial charge in [-0.1, -0.05) is 30.3 Å². The smallest absolute Gasteiger partial charge is 0.112 e. The van der Waals surface area contributed by atoms with Crippen LogP contribution in [0, 0.1) is 11.3 Å². The highest BCUT2D eigenvalue weighted by Gasteiger charge is 2.42. The molecule has 0 spiro atoms. The number of fused-ring (bicyclic) bond motifs is 1. The maximum atomic E-state index is 9.26. The molecule has 88 valence electrons. The minimum Gasteiger partial charge on any atom is -0.361 e. The van der Waals surface area contributed by atoms with Gasteiger partial charge in [-0.05, 0) is 24.8 Å². The second kappa shape index (κ2) is 4.48. The predicted molar refractivity (Wildman–Crippen MR) is 64.0 cm³/mol. The van der Waals surface area contributed by atoms with Gasteiger partial charge in [0.05, 0.1) is 18.7 Å². The second-order valence-electron chi connectivity index (χ2n) is 4.74. The molecule has 3 atom stereocenters. The zero-order chi connectivity index (χ0) is 11.7. The van der Waals surface area contributed by atoms with Gasteiger partial charge in [0.25, 0.3) is 0 Å². The Labute approximate surface area is 102 Å². The highest BCUT2D eigenvalue weighted by molar-refractivity contribution is 5.21. The Kier molecular flexibility index (Phi) is 2.84. The molecule has 0 aliphatic carbocycles. The van der Waals surface area contributed by atoms with Gasteiger partial charge in [-0.2, -0.15) is 5.26 Å². The Morgan fingerprint density at radius 1 is 1.24 bits per heavy atom. The van der Waals surface area contributed by atoms with Crippen molar-refractivity contribution < 1.29 is 4.74 Å². The molecule has 2 aliphatic heterocycles. The van der Waals surface area contributed by atoms with Crippen molar-refractivity contribution in [2.75, 3.05) is 6.61 Å². The molecule has 0 amide bonds. The minimum absolute atomic E-state index is 0.0152. The molecule has 0 aromatic heterocycles. The lowest BCUT2D eigenvalue weighted by Gasteiger charge is -2.35. The van der Waals surface area contributed by atoms with E-state index in [2.05, 4.69) is 23.1 Å². The number of ether oxygens (including phenoxy) is 1. The van der Waals surface area contributed by atoms with Crippen molar-refractivity contribution in [2.24, 2.45) is 0 Å². The number of benzene rings is 1. The van der Waals surface area contributed by atoms with Crippen LogP contribution in [0.15, 0.2) is 30.3 Å². The van der Waals surface area contributed by atoms with E-state index in [-0.39, 0.29) is 18.3 Å². The molecule has 2 heterocycles. The number of piperidine rings is 1. The molecule has 3 nitrogen and oxygen atoms in total. The van der Waals surface area contributed by atoms with Crippen molar-refractivity contribution in [1.29, 1.82) is 5.26 Å². The summed E-state index contributed by atoms with van der Waals surface area (Å²) in [4.78, 5) is 2.26. The zero-order valence-electron chi connectivity index (χ0n) is 9.75. The molecular formula is C14H16N2O. The second-order valence-corrected chi connectivity index (χ2v) is 4.74. The SMILES string of the molecule is N#C[C@H]1CCC[C@H]2OC[C@@H](c3ccccc3)N12. The molecule has 0 bridgehead atoms. The van der Waals surface area contributed by atoms with Crippen LogP contribution in [0.2, 0.25) is 0 Å². The third-order valence-electron chi connectivity index (χ3n) is 3.76. The van der Waals surface area contributed by atoms with E-state index >= 15 is 0 Å². The van der Waals surface area contributed by atoms with Crippen LogP contribution in [-0.4, -0.2) is 23.8 Å². The summed E-state index contributed by atoms with van der Waals surface area (Å²) in [5, 5.41) is 9.26. The highest BCUT2D eigenvalue weighted by atomic mass is 16.5. The van der Waals surface area contributed by atoms with Crippen LogP contribution in [0.1, 0.15) is 30.9 Å². The quantitative estimate of drug-likeness (QED) is 0.740. The Bertz CT molecular complexity index is 426. The maximum Gasteiger partial charge on any atom is 0.112 e. The van der Waals surface area contributed by atoms with Crippen LogP contribution in [0.5, 0.6) is 0 Å². The molecule has 0 N–H and O–H groups in total. The third kappa shape index (κ3) is 1.84. The van der Waals surface area contributed by atoms with E-state index in [4.69, 9.17) is 4.74 Å². The van der Waals surface area contributed by atoms with Crippen LogP contribution in [0.3, 0.4) is 0 Å². The van der Waals surface area contributed by atoms with E-state index in [1.54, 1.807) is 0 Å². The highest BCUT2D eigenvalue weighted by Crippen LogP contribution is 2.38. The first-order valence-electron chi connectivity index (χ1n) is 6.24. The molecule has 1 aromatic carbocycles. The van der Waals surface area contributed by atoms with Gasteiger partial charge in [0.1, 0.15) is 12.3 Å². The normalized spacial score (nSPS) is 33.0. The molecule has 0 unspecified atom stereocenters. The van der Waals surface area contributed by atoms with Gasteiger partial charge in [-0.25, -0.2) is 0 Å². The summed E-state index contributed by atoms with van der Waals surface area (Å²) < 4.78 is 5.83. The lowest BCUT2D eigenvalue weighted by Crippen LogP contribution is -2.43. The largest absolute Gasteiger partial charge is 0.361 e. The summed E-state index contributed by atoms with van der Waals surface area (Å²) in [6.45, 7) is 0.715. The minimum atomic E-state index is 0.0152. The standard InChI is InChI=1S/C14H16N2O/c15-9-12-7-4-8-14-16(12)13(10-17-14)11-5-2-1-3-6-11/h1-3,5-6,12-14H,4,7-8,10H2/t12-,13+,14-/m1/s1. The Hall–Kier alpha value is -1.37. The number of hydrogen-bond donors (Lipinski definition) is 0.